The molecule has 2 aromatic rings. The topological polar surface area (TPSA) is 41.6 Å². The molecule has 1 aromatic carbocycles. The average molecular weight is 222 g/mol. The molecule has 3 nitrogen and oxygen atoms in total. The van der Waals surface area contributed by atoms with Crippen LogP contribution in [0.1, 0.15) is 5.56 Å². The summed E-state index contributed by atoms with van der Waals surface area (Å²) in [5.74, 6) is 0. The fraction of sp³-hybridized carbons (Fsp3) is 0.143. The van der Waals surface area contributed by atoms with Crippen LogP contribution in [0.3, 0.4) is 0 Å². The Balaban J connectivity index is 2.71. The number of hydrogen-bond donors (Lipinski definition) is 1. The third-order valence-electron chi connectivity index (χ3n) is 1.71. The average Bonchev–Trinajstić information content (AvgIpc) is 2.47. The molecular weight excluding hydrogens is 219 g/mol. The van der Waals surface area contributed by atoms with Crippen molar-refractivity contribution < 1.29 is 13.2 Å². The summed E-state index contributed by atoms with van der Waals surface area (Å²) >= 11 is 5.44. The lowest BCUT2D eigenvalue weighted by Gasteiger charge is -2.07. The van der Waals surface area contributed by atoms with Crippen molar-refractivity contribution in [2.75, 3.05) is 0 Å². The molecule has 0 radical (unpaired) electrons. The fourth-order valence-electron chi connectivity index (χ4n) is 1.08. The van der Waals surface area contributed by atoms with Crippen molar-refractivity contribution in [1.82, 2.24) is 15.4 Å². The second-order valence-electron chi connectivity index (χ2n) is 2.64. The number of fused-ring (bicyclic) bond motifs is 1. The van der Waals surface area contributed by atoms with Crippen LogP contribution in [0, 0.1) is 0 Å². The molecule has 1 heterocycles. The Morgan fingerprint density at radius 3 is 2.29 bits per heavy atom. The Morgan fingerprint density at radius 1 is 1.14 bits per heavy atom. The quantitative estimate of drug-likeness (QED) is 0.743. The third kappa shape index (κ3) is 1.41. The predicted molar refractivity (Wildman–Crippen MR) is 43.9 cm³/mol. The van der Waals surface area contributed by atoms with E-state index in [1.807, 2.05) is 0 Å². The molecule has 74 valence electrons. The minimum Gasteiger partial charge on any atom is -0.197 e. The zero-order chi connectivity index (χ0) is 10.3. The van der Waals surface area contributed by atoms with Crippen molar-refractivity contribution in [3.8, 4) is 0 Å². The Morgan fingerprint density at radius 2 is 1.71 bits per heavy atom. The third-order valence-corrected chi connectivity index (χ3v) is 2.02. The molecule has 0 spiro atoms. The summed E-state index contributed by atoms with van der Waals surface area (Å²) in [5, 5.41) is 9.00. The van der Waals surface area contributed by atoms with Gasteiger partial charge in [0.2, 0.25) is 0 Å². The van der Waals surface area contributed by atoms with Crippen LogP contribution in [0.25, 0.3) is 11.0 Å². The van der Waals surface area contributed by atoms with Crippen LogP contribution < -0.4 is 0 Å². The molecule has 0 aliphatic carbocycles. The van der Waals surface area contributed by atoms with Gasteiger partial charge in [0.1, 0.15) is 11.0 Å². The monoisotopic (exact) mass is 221 g/mol. The van der Waals surface area contributed by atoms with Crippen molar-refractivity contribution in [2.24, 2.45) is 0 Å². The molecule has 0 bridgehead atoms. The molecule has 0 aliphatic heterocycles. The number of nitrogens with zero attached hydrogens (tertiary/aromatic N) is 2. The van der Waals surface area contributed by atoms with Crippen molar-refractivity contribution >= 4 is 22.6 Å². The molecule has 0 aliphatic rings. The van der Waals surface area contributed by atoms with Gasteiger partial charge in [-0.2, -0.15) is 28.6 Å². The van der Waals surface area contributed by atoms with Crippen LogP contribution in [0.5, 0.6) is 0 Å². The van der Waals surface area contributed by atoms with Crippen LogP contribution in [-0.2, 0) is 6.18 Å². The van der Waals surface area contributed by atoms with Gasteiger partial charge in [-0.15, -0.1) is 0 Å². The standard InChI is InChI=1S/C7H3ClF3N3/c8-4-2-6-5(12-14-13-6)1-3(4)7(9,10)11/h1-2H,(H,12,13,14). The lowest BCUT2D eigenvalue weighted by atomic mass is 10.2. The Labute approximate surface area is 80.9 Å². The van der Waals surface area contributed by atoms with E-state index in [2.05, 4.69) is 15.4 Å². The molecule has 7 heteroatoms. The molecule has 2 rings (SSSR count). The number of H-pyrrole nitrogens is 1. The highest BCUT2D eigenvalue weighted by Crippen LogP contribution is 2.36. The van der Waals surface area contributed by atoms with Gasteiger partial charge < -0.3 is 0 Å². The van der Waals surface area contributed by atoms with Gasteiger partial charge in [0, 0.05) is 0 Å². The lowest BCUT2D eigenvalue weighted by molar-refractivity contribution is -0.137. The first-order chi connectivity index (χ1) is 6.48. The van der Waals surface area contributed by atoms with E-state index < -0.39 is 11.7 Å². The van der Waals surface area contributed by atoms with Gasteiger partial charge in [-0.3, -0.25) is 0 Å². The number of benzene rings is 1. The molecule has 1 aromatic heterocycles. The number of rotatable bonds is 0. The number of alkyl halides is 3. The van der Waals surface area contributed by atoms with E-state index in [0.29, 0.717) is 5.52 Å². The molecule has 0 atom stereocenters. The molecular formula is C7H3ClF3N3. The fourth-order valence-corrected chi connectivity index (χ4v) is 1.35. The van der Waals surface area contributed by atoms with E-state index >= 15 is 0 Å². The number of halogens is 4. The van der Waals surface area contributed by atoms with Gasteiger partial charge in [0.15, 0.2) is 0 Å². The molecule has 0 unspecified atom stereocenters. The maximum absolute atomic E-state index is 12.3. The van der Waals surface area contributed by atoms with Crippen molar-refractivity contribution in [2.45, 2.75) is 6.18 Å². The zero-order valence-electron chi connectivity index (χ0n) is 6.56. The highest BCUT2D eigenvalue weighted by Gasteiger charge is 2.33. The Bertz CT molecular complexity index is 476. The first kappa shape index (κ1) is 9.26. The SMILES string of the molecule is FC(F)(F)c1cc2n[nH]nc2cc1Cl. The zero-order valence-corrected chi connectivity index (χ0v) is 7.32. The minimum absolute atomic E-state index is 0.140. The lowest BCUT2D eigenvalue weighted by Crippen LogP contribution is -2.05. The van der Waals surface area contributed by atoms with E-state index in [9.17, 15) is 13.2 Å². The van der Waals surface area contributed by atoms with Crippen LogP contribution in [0.2, 0.25) is 5.02 Å². The summed E-state index contributed by atoms with van der Waals surface area (Å²) in [4.78, 5) is 0. The highest BCUT2D eigenvalue weighted by molar-refractivity contribution is 6.32. The van der Waals surface area contributed by atoms with Crippen molar-refractivity contribution in [3.05, 3.63) is 22.7 Å². The smallest absolute Gasteiger partial charge is 0.197 e. The molecule has 0 fully saturated rings. The Hall–Kier alpha value is -1.30. The molecule has 0 saturated heterocycles. The van der Waals surface area contributed by atoms with Gasteiger partial charge in [-0.05, 0) is 12.1 Å². The minimum atomic E-state index is -4.47. The van der Waals surface area contributed by atoms with Crippen LogP contribution in [0.4, 0.5) is 13.2 Å². The number of aromatic amines is 1. The predicted octanol–water partition coefficient (Wildman–Crippen LogP) is 2.63. The highest BCUT2D eigenvalue weighted by atomic mass is 35.5. The summed E-state index contributed by atoms with van der Waals surface area (Å²) in [6, 6.07) is 1.99. The second kappa shape index (κ2) is 2.84. The maximum Gasteiger partial charge on any atom is 0.417 e. The summed E-state index contributed by atoms with van der Waals surface area (Å²) in [7, 11) is 0. The molecule has 1 N–H and O–H groups in total. The van der Waals surface area contributed by atoms with E-state index in [-0.39, 0.29) is 10.5 Å². The van der Waals surface area contributed by atoms with Crippen LogP contribution >= 0.6 is 11.6 Å². The summed E-state index contributed by atoms with van der Waals surface area (Å²) in [5.41, 5.74) is -0.453. The van der Waals surface area contributed by atoms with Crippen LogP contribution in [0.15, 0.2) is 12.1 Å². The van der Waals surface area contributed by atoms with Gasteiger partial charge in [-0.25, -0.2) is 0 Å². The number of hydrogen-bond acceptors (Lipinski definition) is 2. The maximum atomic E-state index is 12.3. The van der Waals surface area contributed by atoms with Gasteiger partial charge in [-0.1, -0.05) is 11.6 Å². The summed E-state index contributed by atoms with van der Waals surface area (Å²) in [6.07, 6.45) is -4.47. The largest absolute Gasteiger partial charge is 0.417 e. The first-order valence-corrected chi connectivity index (χ1v) is 3.93. The number of aromatic nitrogens is 3. The van der Waals surface area contributed by atoms with Crippen molar-refractivity contribution in [1.29, 1.82) is 0 Å². The Kier molecular flexibility index (Phi) is 1.88. The van der Waals surface area contributed by atoms with Gasteiger partial charge in [0.05, 0.1) is 10.6 Å². The first-order valence-electron chi connectivity index (χ1n) is 3.56. The summed E-state index contributed by atoms with van der Waals surface area (Å²) < 4.78 is 37.0. The second-order valence-corrected chi connectivity index (χ2v) is 3.05. The molecule has 14 heavy (non-hydrogen) atoms. The van der Waals surface area contributed by atoms with Gasteiger partial charge >= 0.3 is 6.18 Å². The summed E-state index contributed by atoms with van der Waals surface area (Å²) in [6.45, 7) is 0. The van der Waals surface area contributed by atoms with Crippen molar-refractivity contribution in [3.63, 3.8) is 0 Å². The van der Waals surface area contributed by atoms with Gasteiger partial charge in [0.25, 0.3) is 0 Å². The van der Waals surface area contributed by atoms with Crippen LogP contribution in [-0.4, -0.2) is 15.4 Å². The van der Waals surface area contributed by atoms with E-state index in [4.69, 9.17) is 11.6 Å². The van der Waals surface area contributed by atoms with E-state index in [1.54, 1.807) is 0 Å². The normalized spacial score (nSPS) is 12.3. The van der Waals surface area contributed by atoms with E-state index in [0.717, 1.165) is 12.1 Å². The molecule has 0 saturated carbocycles. The molecule has 0 amide bonds. The van der Waals surface area contributed by atoms with E-state index in [1.165, 1.54) is 0 Å². The number of nitrogens with one attached hydrogen (secondary N) is 1.